The molecule has 84 valence electrons. The molecule has 2 N–H and O–H groups in total. The lowest BCUT2D eigenvalue weighted by molar-refractivity contribution is 0.0305. The predicted molar refractivity (Wildman–Crippen MR) is 61.8 cm³/mol. The normalized spacial score (nSPS) is 17.1. The van der Waals surface area contributed by atoms with Gasteiger partial charge in [0.25, 0.3) is 0 Å². The molecule has 0 saturated heterocycles. The van der Waals surface area contributed by atoms with Crippen LogP contribution in [0.3, 0.4) is 0 Å². The van der Waals surface area contributed by atoms with Crippen molar-refractivity contribution in [1.29, 1.82) is 0 Å². The molecule has 0 radical (unpaired) electrons. The first-order valence-corrected chi connectivity index (χ1v) is 5.52. The van der Waals surface area contributed by atoms with Crippen LogP contribution in [0, 0.1) is 0 Å². The zero-order chi connectivity index (χ0) is 11.4. The van der Waals surface area contributed by atoms with Gasteiger partial charge in [-0.3, -0.25) is 0 Å². The largest absolute Gasteiger partial charge is 0.390 e. The Bertz CT molecular complexity index is 290. The van der Waals surface area contributed by atoms with Crippen LogP contribution in [0.1, 0.15) is 50.3 Å². The highest BCUT2D eigenvalue weighted by atomic mass is 16.3. The van der Waals surface area contributed by atoms with Crippen LogP contribution >= 0.6 is 0 Å². The predicted octanol–water partition coefficient (Wildman–Crippen LogP) is 2.61. The minimum atomic E-state index is -0.781. The van der Waals surface area contributed by atoms with Crippen LogP contribution in [0.4, 0.5) is 0 Å². The van der Waals surface area contributed by atoms with Crippen molar-refractivity contribution >= 4 is 0 Å². The number of aliphatic hydroxyl groups excluding tert-OH is 2. The van der Waals surface area contributed by atoms with Gasteiger partial charge in [0, 0.05) is 0 Å². The van der Waals surface area contributed by atoms with Crippen LogP contribution in [0.2, 0.25) is 0 Å². The third-order valence-corrected chi connectivity index (χ3v) is 2.92. The summed E-state index contributed by atoms with van der Waals surface area (Å²) in [6.45, 7) is 5.93. The van der Waals surface area contributed by atoms with Gasteiger partial charge in [0.15, 0.2) is 0 Å². The van der Waals surface area contributed by atoms with Crippen LogP contribution in [0.5, 0.6) is 0 Å². The van der Waals surface area contributed by atoms with Gasteiger partial charge < -0.3 is 10.2 Å². The first kappa shape index (κ1) is 12.2. The number of aliphatic hydroxyl groups is 2. The van der Waals surface area contributed by atoms with Crippen LogP contribution in [0.15, 0.2) is 24.3 Å². The highest BCUT2D eigenvalue weighted by molar-refractivity contribution is 5.26. The molecule has 2 nitrogen and oxygen atoms in total. The molecule has 1 aromatic carbocycles. The molecule has 1 aromatic rings. The molecule has 0 aromatic heterocycles. The summed E-state index contributed by atoms with van der Waals surface area (Å²) in [5.74, 6) is 0.544. The van der Waals surface area contributed by atoms with E-state index < -0.39 is 12.2 Å². The summed E-state index contributed by atoms with van der Waals surface area (Å²) in [5.41, 5.74) is 2.05. The highest BCUT2D eigenvalue weighted by Crippen LogP contribution is 2.22. The van der Waals surface area contributed by atoms with Gasteiger partial charge in [-0.1, -0.05) is 38.1 Å². The fourth-order valence-corrected chi connectivity index (χ4v) is 1.54. The Morgan fingerprint density at radius 3 is 1.87 bits per heavy atom. The summed E-state index contributed by atoms with van der Waals surface area (Å²) in [7, 11) is 0. The molecule has 1 unspecified atom stereocenters. The lowest BCUT2D eigenvalue weighted by Crippen LogP contribution is -2.13. The lowest BCUT2D eigenvalue weighted by Gasteiger charge is -2.15. The molecule has 0 amide bonds. The Hall–Kier alpha value is -0.860. The standard InChI is InChI=1S/C13H20O2/c1-4-9(2)11-5-7-12(8-6-11)13(15)10(3)14/h5-10,13-15H,4H2,1-3H3/t9?,10-,13-/m0/s1. The lowest BCUT2D eigenvalue weighted by atomic mass is 9.96. The maximum atomic E-state index is 9.63. The molecule has 0 saturated carbocycles. The molecule has 0 fully saturated rings. The zero-order valence-electron chi connectivity index (χ0n) is 9.64. The van der Waals surface area contributed by atoms with Crippen LogP contribution in [-0.4, -0.2) is 16.3 Å². The van der Waals surface area contributed by atoms with Crippen molar-refractivity contribution in [2.45, 2.75) is 45.3 Å². The maximum Gasteiger partial charge on any atom is 0.105 e. The number of hydrogen-bond acceptors (Lipinski definition) is 2. The van der Waals surface area contributed by atoms with Crippen molar-refractivity contribution in [3.63, 3.8) is 0 Å². The summed E-state index contributed by atoms with van der Waals surface area (Å²) in [6, 6.07) is 7.82. The fraction of sp³-hybridized carbons (Fsp3) is 0.538. The van der Waals surface area contributed by atoms with Gasteiger partial charge in [0.05, 0.1) is 6.10 Å². The Morgan fingerprint density at radius 1 is 1.00 bits per heavy atom. The smallest absolute Gasteiger partial charge is 0.105 e. The number of hydrogen-bond donors (Lipinski definition) is 2. The molecule has 0 aliphatic carbocycles. The molecule has 15 heavy (non-hydrogen) atoms. The second-order valence-corrected chi connectivity index (χ2v) is 4.16. The summed E-state index contributed by atoms with van der Waals surface area (Å²) in [4.78, 5) is 0. The summed E-state index contributed by atoms with van der Waals surface area (Å²) >= 11 is 0. The van der Waals surface area contributed by atoms with Crippen LogP contribution in [0.25, 0.3) is 0 Å². The van der Waals surface area contributed by atoms with E-state index in [1.807, 2.05) is 24.3 Å². The average Bonchev–Trinajstić information content (AvgIpc) is 2.27. The highest BCUT2D eigenvalue weighted by Gasteiger charge is 2.13. The van der Waals surface area contributed by atoms with E-state index in [9.17, 15) is 10.2 Å². The maximum absolute atomic E-state index is 9.63. The molecule has 0 aliphatic rings. The van der Waals surface area contributed by atoms with Gasteiger partial charge >= 0.3 is 0 Å². The number of rotatable bonds is 4. The number of benzene rings is 1. The quantitative estimate of drug-likeness (QED) is 0.798. The second kappa shape index (κ2) is 5.29. The second-order valence-electron chi connectivity index (χ2n) is 4.16. The molecule has 0 spiro atoms. The van der Waals surface area contributed by atoms with E-state index in [0.29, 0.717) is 5.92 Å². The fourth-order valence-electron chi connectivity index (χ4n) is 1.54. The first-order valence-electron chi connectivity index (χ1n) is 5.52. The molecule has 0 bridgehead atoms. The zero-order valence-corrected chi connectivity index (χ0v) is 9.64. The Labute approximate surface area is 91.6 Å². The molecular weight excluding hydrogens is 188 g/mol. The van der Waals surface area contributed by atoms with E-state index in [1.54, 1.807) is 6.92 Å². The molecule has 2 heteroatoms. The summed E-state index contributed by atoms with van der Waals surface area (Å²) < 4.78 is 0. The van der Waals surface area contributed by atoms with E-state index in [4.69, 9.17) is 0 Å². The van der Waals surface area contributed by atoms with Gasteiger partial charge in [-0.15, -0.1) is 0 Å². The topological polar surface area (TPSA) is 40.5 Å². The third kappa shape index (κ3) is 3.05. The van der Waals surface area contributed by atoms with E-state index >= 15 is 0 Å². The SMILES string of the molecule is CCC(C)c1ccc([C@@H](O)[C@H](C)O)cc1. The third-order valence-electron chi connectivity index (χ3n) is 2.92. The van der Waals surface area contributed by atoms with Gasteiger partial charge in [0.2, 0.25) is 0 Å². The Kier molecular flexibility index (Phi) is 4.30. The average molecular weight is 208 g/mol. The molecule has 0 heterocycles. The summed E-state index contributed by atoms with van der Waals surface area (Å²) in [6.07, 6.45) is -0.395. The van der Waals surface area contributed by atoms with E-state index in [2.05, 4.69) is 13.8 Å². The van der Waals surface area contributed by atoms with Crippen LogP contribution < -0.4 is 0 Å². The van der Waals surface area contributed by atoms with E-state index in [-0.39, 0.29) is 0 Å². The van der Waals surface area contributed by atoms with E-state index in [0.717, 1.165) is 12.0 Å². The van der Waals surface area contributed by atoms with Gasteiger partial charge in [0.1, 0.15) is 6.10 Å². The molecule has 0 aliphatic heterocycles. The van der Waals surface area contributed by atoms with Crippen molar-refractivity contribution in [2.75, 3.05) is 0 Å². The van der Waals surface area contributed by atoms with E-state index in [1.165, 1.54) is 5.56 Å². The van der Waals surface area contributed by atoms with Crippen LogP contribution in [-0.2, 0) is 0 Å². The van der Waals surface area contributed by atoms with Crippen molar-refractivity contribution in [3.05, 3.63) is 35.4 Å². The van der Waals surface area contributed by atoms with Gasteiger partial charge in [-0.25, -0.2) is 0 Å². The van der Waals surface area contributed by atoms with Crippen molar-refractivity contribution < 1.29 is 10.2 Å². The minimum absolute atomic E-state index is 0.544. The van der Waals surface area contributed by atoms with Gasteiger partial charge in [-0.2, -0.15) is 0 Å². The van der Waals surface area contributed by atoms with Crippen molar-refractivity contribution in [3.8, 4) is 0 Å². The Balaban J connectivity index is 2.80. The van der Waals surface area contributed by atoms with Crippen molar-refractivity contribution in [2.24, 2.45) is 0 Å². The van der Waals surface area contributed by atoms with Crippen molar-refractivity contribution in [1.82, 2.24) is 0 Å². The monoisotopic (exact) mass is 208 g/mol. The minimum Gasteiger partial charge on any atom is -0.390 e. The molecule has 3 atom stereocenters. The summed E-state index contributed by atoms with van der Waals surface area (Å²) in [5, 5.41) is 18.9. The Morgan fingerprint density at radius 2 is 1.47 bits per heavy atom. The first-order chi connectivity index (χ1) is 7.06. The van der Waals surface area contributed by atoms with Gasteiger partial charge in [-0.05, 0) is 30.4 Å². The molecular formula is C13H20O2. The molecule has 1 rings (SSSR count).